The molecule has 0 aromatic carbocycles. The van der Waals surface area contributed by atoms with Gasteiger partial charge in [0.2, 0.25) is 11.8 Å². The number of primary amides is 1. The van der Waals surface area contributed by atoms with Crippen molar-refractivity contribution in [3.05, 3.63) is 33.6 Å². The van der Waals surface area contributed by atoms with Gasteiger partial charge in [-0.2, -0.15) is 5.10 Å². The van der Waals surface area contributed by atoms with Crippen LogP contribution in [0.4, 0.5) is 10.9 Å². The fourth-order valence-corrected chi connectivity index (χ4v) is 3.60. The Morgan fingerprint density at radius 1 is 1.42 bits per heavy atom. The van der Waals surface area contributed by atoms with Gasteiger partial charge in [0.15, 0.2) is 5.13 Å². The number of nitrogens with two attached hydrogens (primary N) is 1. The minimum Gasteiger partial charge on any atom is -0.369 e. The zero-order chi connectivity index (χ0) is 18.7. The van der Waals surface area contributed by atoms with Crippen LogP contribution in [0, 0.1) is 5.92 Å². The molecule has 2 aromatic rings. The van der Waals surface area contributed by atoms with Crippen molar-refractivity contribution in [2.45, 2.75) is 19.3 Å². The van der Waals surface area contributed by atoms with Crippen molar-refractivity contribution < 1.29 is 9.59 Å². The molecule has 26 heavy (non-hydrogen) atoms. The van der Waals surface area contributed by atoms with Crippen molar-refractivity contribution in [1.82, 2.24) is 14.8 Å². The maximum atomic E-state index is 12.6. The van der Waals surface area contributed by atoms with Crippen LogP contribution in [0.15, 0.2) is 22.3 Å². The standard InChI is InChI=1S/C16H20N6O3S/c1-21-14(24)5-4-13(20-21)22-6-2-3-10(8-22)15(25)19-16-18-11(9-26-16)7-12(17)23/h4-5,9-10H,2-3,6-8H2,1H3,(H2,17,23)(H,18,19,25)/t10-/m0/s1. The lowest BCUT2D eigenvalue weighted by Gasteiger charge is -2.32. The van der Waals surface area contributed by atoms with Gasteiger partial charge >= 0.3 is 0 Å². The number of amides is 2. The quantitative estimate of drug-likeness (QED) is 0.764. The molecule has 0 aliphatic carbocycles. The van der Waals surface area contributed by atoms with Gasteiger partial charge in [-0.25, -0.2) is 9.67 Å². The number of carbonyl (C=O) groups is 2. The monoisotopic (exact) mass is 376 g/mol. The first-order valence-corrected chi connectivity index (χ1v) is 9.13. The van der Waals surface area contributed by atoms with Crippen molar-refractivity contribution in [2.24, 2.45) is 18.7 Å². The zero-order valence-electron chi connectivity index (χ0n) is 14.3. The summed E-state index contributed by atoms with van der Waals surface area (Å²) in [6, 6.07) is 3.15. The minimum atomic E-state index is -0.458. The average Bonchev–Trinajstić information content (AvgIpc) is 3.03. The van der Waals surface area contributed by atoms with Gasteiger partial charge in [-0.05, 0) is 18.9 Å². The summed E-state index contributed by atoms with van der Waals surface area (Å²) < 4.78 is 1.29. The van der Waals surface area contributed by atoms with Crippen LogP contribution in [0.2, 0.25) is 0 Å². The molecule has 138 valence electrons. The number of carbonyl (C=O) groups excluding carboxylic acids is 2. The van der Waals surface area contributed by atoms with E-state index in [9.17, 15) is 14.4 Å². The van der Waals surface area contributed by atoms with E-state index in [1.165, 1.54) is 22.1 Å². The lowest BCUT2D eigenvalue weighted by molar-refractivity contribution is -0.120. The summed E-state index contributed by atoms with van der Waals surface area (Å²) in [7, 11) is 1.60. The Morgan fingerprint density at radius 2 is 2.23 bits per heavy atom. The Hall–Kier alpha value is -2.75. The van der Waals surface area contributed by atoms with E-state index in [1.54, 1.807) is 18.5 Å². The van der Waals surface area contributed by atoms with Crippen molar-refractivity contribution in [3.8, 4) is 0 Å². The summed E-state index contributed by atoms with van der Waals surface area (Å²) in [5, 5.41) is 9.23. The number of hydrogen-bond donors (Lipinski definition) is 2. The predicted octanol–water partition coefficient (Wildman–Crippen LogP) is 0.120. The zero-order valence-corrected chi connectivity index (χ0v) is 15.2. The highest BCUT2D eigenvalue weighted by molar-refractivity contribution is 7.13. The van der Waals surface area contributed by atoms with Crippen molar-refractivity contribution in [3.63, 3.8) is 0 Å². The fourth-order valence-electron chi connectivity index (χ4n) is 2.89. The molecule has 0 unspecified atom stereocenters. The first-order valence-electron chi connectivity index (χ1n) is 8.25. The van der Waals surface area contributed by atoms with Crippen LogP contribution in [0.1, 0.15) is 18.5 Å². The van der Waals surface area contributed by atoms with Crippen molar-refractivity contribution in [2.75, 3.05) is 23.3 Å². The summed E-state index contributed by atoms with van der Waals surface area (Å²) >= 11 is 1.27. The van der Waals surface area contributed by atoms with E-state index in [1.807, 2.05) is 4.90 Å². The van der Waals surface area contributed by atoms with E-state index in [0.717, 1.165) is 19.4 Å². The second-order valence-corrected chi connectivity index (χ2v) is 7.07. The number of aromatic nitrogens is 3. The van der Waals surface area contributed by atoms with E-state index >= 15 is 0 Å². The minimum absolute atomic E-state index is 0.0575. The number of hydrogen-bond acceptors (Lipinski definition) is 7. The lowest BCUT2D eigenvalue weighted by atomic mass is 9.97. The molecule has 1 aliphatic rings. The molecule has 0 spiro atoms. The van der Waals surface area contributed by atoms with Gasteiger partial charge < -0.3 is 16.0 Å². The van der Waals surface area contributed by atoms with E-state index in [4.69, 9.17) is 5.73 Å². The molecule has 3 N–H and O–H groups in total. The van der Waals surface area contributed by atoms with Crippen molar-refractivity contribution >= 4 is 34.1 Å². The van der Waals surface area contributed by atoms with Crippen LogP contribution in [0.3, 0.4) is 0 Å². The molecule has 3 rings (SSSR count). The molecule has 2 aromatic heterocycles. The number of nitrogens with zero attached hydrogens (tertiary/aromatic N) is 4. The topological polar surface area (TPSA) is 123 Å². The number of rotatable bonds is 5. The van der Waals surface area contributed by atoms with E-state index in [-0.39, 0.29) is 23.8 Å². The third kappa shape index (κ3) is 4.26. The van der Waals surface area contributed by atoms with Crippen molar-refractivity contribution in [1.29, 1.82) is 0 Å². The van der Waals surface area contributed by atoms with E-state index in [0.29, 0.717) is 23.2 Å². The number of anilines is 2. The Balaban J connectivity index is 1.64. The van der Waals surface area contributed by atoms with Gasteiger partial charge in [-0.15, -0.1) is 11.3 Å². The Bertz CT molecular complexity index is 877. The predicted molar refractivity (Wildman–Crippen MR) is 98.1 cm³/mol. The molecular weight excluding hydrogens is 356 g/mol. The summed E-state index contributed by atoms with van der Waals surface area (Å²) in [4.78, 5) is 41.2. The maximum absolute atomic E-state index is 12.6. The average molecular weight is 376 g/mol. The third-order valence-electron chi connectivity index (χ3n) is 4.20. The van der Waals surface area contributed by atoms with Crippen LogP contribution >= 0.6 is 11.3 Å². The largest absolute Gasteiger partial charge is 0.369 e. The van der Waals surface area contributed by atoms with Gasteiger partial charge in [0.25, 0.3) is 5.56 Å². The second kappa shape index (κ2) is 7.65. The highest BCUT2D eigenvalue weighted by Gasteiger charge is 2.27. The van der Waals surface area contributed by atoms with Gasteiger partial charge in [0.05, 0.1) is 18.0 Å². The van der Waals surface area contributed by atoms with Gasteiger partial charge in [-0.3, -0.25) is 14.4 Å². The molecule has 3 heterocycles. The normalized spacial score (nSPS) is 17.1. The molecule has 1 aliphatic heterocycles. The summed E-state index contributed by atoms with van der Waals surface area (Å²) in [5.74, 6) is -0.0887. The Kier molecular flexibility index (Phi) is 5.31. The first kappa shape index (κ1) is 18.1. The molecule has 1 saturated heterocycles. The Labute approximate surface area is 153 Å². The molecule has 10 heteroatoms. The second-order valence-electron chi connectivity index (χ2n) is 6.21. The summed E-state index contributed by atoms with van der Waals surface area (Å²) in [5.41, 5.74) is 5.53. The van der Waals surface area contributed by atoms with Crippen LogP contribution in [0.5, 0.6) is 0 Å². The molecule has 0 saturated carbocycles. The first-order chi connectivity index (χ1) is 12.4. The highest BCUT2D eigenvalue weighted by Crippen LogP contribution is 2.23. The van der Waals surface area contributed by atoms with Crippen LogP contribution in [0.25, 0.3) is 0 Å². The summed E-state index contributed by atoms with van der Waals surface area (Å²) in [6.07, 6.45) is 1.68. The fraction of sp³-hybridized carbons (Fsp3) is 0.438. The van der Waals surface area contributed by atoms with E-state index in [2.05, 4.69) is 15.4 Å². The molecule has 1 fully saturated rings. The van der Waals surface area contributed by atoms with Crippen LogP contribution < -0.4 is 21.5 Å². The lowest BCUT2D eigenvalue weighted by Crippen LogP contribution is -2.41. The smallest absolute Gasteiger partial charge is 0.266 e. The number of nitrogens with one attached hydrogen (secondary N) is 1. The molecule has 9 nitrogen and oxygen atoms in total. The molecule has 2 amide bonds. The molecule has 0 radical (unpaired) electrons. The molecule has 0 bridgehead atoms. The highest BCUT2D eigenvalue weighted by atomic mass is 32.1. The number of aryl methyl sites for hydroxylation is 1. The maximum Gasteiger partial charge on any atom is 0.266 e. The van der Waals surface area contributed by atoms with Crippen LogP contribution in [-0.4, -0.2) is 39.7 Å². The summed E-state index contributed by atoms with van der Waals surface area (Å²) in [6.45, 7) is 1.31. The van der Waals surface area contributed by atoms with Gasteiger partial charge in [0, 0.05) is 31.6 Å². The molecular formula is C16H20N6O3S. The molecule has 1 atom stereocenters. The number of thiazole rings is 1. The van der Waals surface area contributed by atoms with Gasteiger partial charge in [-0.1, -0.05) is 0 Å². The van der Waals surface area contributed by atoms with Gasteiger partial charge in [0.1, 0.15) is 5.82 Å². The van der Waals surface area contributed by atoms with Crippen LogP contribution in [-0.2, 0) is 23.1 Å². The SMILES string of the molecule is Cn1nc(N2CCC[C@H](C(=O)Nc3nc(CC(N)=O)cs3)C2)ccc1=O. The third-order valence-corrected chi connectivity index (χ3v) is 5.01. The number of piperidine rings is 1. The van der Waals surface area contributed by atoms with E-state index < -0.39 is 5.91 Å². The Morgan fingerprint density at radius 3 is 2.96 bits per heavy atom.